The van der Waals surface area contributed by atoms with Gasteiger partial charge in [-0.05, 0) is 12.1 Å². The Morgan fingerprint density at radius 2 is 2.24 bits per heavy atom. The minimum Gasteiger partial charge on any atom is -0.496 e. The molecular formula is C12H11FN2O2. The molecule has 4 nitrogen and oxygen atoms in total. The molecular weight excluding hydrogens is 223 g/mol. The van der Waals surface area contributed by atoms with Crippen molar-refractivity contribution in [1.29, 1.82) is 0 Å². The Labute approximate surface area is 97.6 Å². The smallest absolute Gasteiger partial charge is 0.202 e. The fourth-order valence-corrected chi connectivity index (χ4v) is 1.58. The van der Waals surface area contributed by atoms with Crippen LogP contribution in [0.1, 0.15) is 15.9 Å². The molecule has 0 amide bonds. The number of nitrogens with zero attached hydrogens (tertiary/aromatic N) is 2. The van der Waals surface area contributed by atoms with Crippen LogP contribution in [0.5, 0.6) is 5.75 Å². The lowest BCUT2D eigenvalue weighted by molar-refractivity contribution is 0.103. The van der Waals surface area contributed by atoms with Gasteiger partial charge in [0.1, 0.15) is 17.1 Å². The van der Waals surface area contributed by atoms with Crippen LogP contribution < -0.4 is 4.74 Å². The molecule has 0 atom stereocenters. The average Bonchev–Trinajstić information content (AvgIpc) is 2.74. The van der Waals surface area contributed by atoms with Crippen molar-refractivity contribution < 1.29 is 13.9 Å². The maximum Gasteiger partial charge on any atom is 0.202 e. The molecule has 0 fully saturated rings. The molecule has 0 radical (unpaired) electrons. The minimum atomic E-state index is -0.599. The fourth-order valence-electron chi connectivity index (χ4n) is 1.58. The molecule has 2 aromatic rings. The van der Waals surface area contributed by atoms with Gasteiger partial charge >= 0.3 is 0 Å². The Morgan fingerprint density at radius 1 is 1.47 bits per heavy atom. The molecule has 88 valence electrons. The van der Waals surface area contributed by atoms with Crippen molar-refractivity contribution in [1.82, 2.24) is 9.78 Å². The van der Waals surface area contributed by atoms with E-state index in [0.717, 1.165) is 0 Å². The lowest BCUT2D eigenvalue weighted by Crippen LogP contribution is -2.06. The number of ether oxygens (including phenoxy) is 1. The van der Waals surface area contributed by atoms with Crippen molar-refractivity contribution in [3.05, 3.63) is 47.5 Å². The van der Waals surface area contributed by atoms with Gasteiger partial charge in [-0.25, -0.2) is 4.39 Å². The van der Waals surface area contributed by atoms with Gasteiger partial charge in [0.15, 0.2) is 0 Å². The van der Waals surface area contributed by atoms with Crippen LogP contribution in [-0.4, -0.2) is 22.7 Å². The van der Waals surface area contributed by atoms with E-state index in [2.05, 4.69) is 5.10 Å². The lowest BCUT2D eigenvalue weighted by Gasteiger charge is -2.06. The highest BCUT2D eigenvalue weighted by Crippen LogP contribution is 2.23. The first kappa shape index (κ1) is 11.3. The number of ketones is 1. The van der Waals surface area contributed by atoms with Crippen LogP contribution in [0, 0.1) is 5.82 Å². The zero-order chi connectivity index (χ0) is 12.4. The number of hydrogen-bond donors (Lipinski definition) is 0. The monoisotopic (exact) mass is 234 g/mol. The molecule has 5 heteroatoms. The standard InChI is InChI=1S/C12H11FN2O2/c1-15-7-8(6-14-15)12(16)11-9(13)4-3-5-10(11)17-2/h3-7H,1-2H3. The molecule has 0 aliphatic carbocycles. The average molecular weight is 234 g/mol. The topological polar surface area (TPSA) is 44.1 Å². The van der Waals surface area contributed by atoms with Crippen LogP contribution in [0.25, 0.3) is 0 Å². The third-order valence-electron chi connectivity index (χ3n) is 2.39. The SMILES string of the molecule is COc1cccc(F)c1C(=O)c1cnn(C)c1. The van der Waals surface area contributed by atoms with Crippen molar-refractivity contribution in [2.75, 3.05) is 7.11 Å². The predicted octanol–water partition coefficient (Wildman–Crippen LogP) is 1.80. The number of halogens is 1. The molecule has 1 aromatic carbocycles. The van der Waals surface area contributed by atoms with Crippen molar-refractivity contribution in [3.63, 3.8) is 0 Å². The van der Waals surface area contributed by atoms with Crippen LogP contribution >= 0.6 is 0 Å². The van der Waals surface area contributed by atoms with Gasteiger partial charge in [0.25, 0.3) is 0 Å². The zero-order valence-corrected chi connectivity index (χ0v) is 9.48. The van der Waals surface area contributed by atoms with Gasteiger partial charge in [-0.1, -0.05) is 6.07 Å². The molecule has 0 aliphatic heterocycles. The number of hydrogen-bond acceptors (Lipinski definition) is 3. The van der Waals surface area contributed by atoms with Gasteiger partial charge in [0.05, 0.1) is 18.9 Å². The molecule has 0 saturated heterocycles. The molecule has 0 spiro atoms. The molecule has 0 bridgehead atoms. The summed E-state index contributed by atoms with van der Waals surface area (Å²) in [6.45, 7) is 0. The maximum absolute atomic E-state index is 13.7. The van der Waals surface area contributed by atoms with E-state index in [1.54, 1.807) is 13.1 Å². The van der Waals surface area contributed by atoms with Gasteiger partial charge in [0.2, 0.25) is 5.78 Å². The summed E-state index contributed by atoms with van der Waals surface area (Å²) in [7, 11) is 3.09. The van der Waals surface area contributed by atoms with Crippen molar-refractivity contribution in [3.8, 4) is 5.75 Å². The van der Waals surface area contributed by atoms with Crippen LogP contribution in [0.2, 0.25) is 0 Å². The van der Waals surface area contributed by atoms with Crippen molar-refractivity contribution >= 4 is 5.78 Å². The number of benzene rings is 1. The van der Waals surface area contributed by atoms with E-state index in [4.69, 9.17) is 4.74 Å². The van der Waals surface area contributed by atoms with Crippen LogP contribution in [0.15, 0.2) is 30.6 Å². The fraction of sp³-hybridized carbons (Fsp3) is 0.167. The van der Waals surface area contributed by atoms with Crippen molar-refractivity contribution in [2.24, 2.45) is 7.05 Å². The number of aromatic nitrogens is 2. The predicted molar refractivity (Wildman–Crippen MR) is 59.6 cm³/mol. The van der Waals surface area contributed by atoms with E-state index < -0.39 is 11.6 Å². The number of carbonyl (C=O) groups excluding carboxylic acids is 1. The molecule has 0 aliphatic rings. The van der Waals surface area contributed by atoms with Crippen LogP contribution in [0.3, 0.4) is 0 Å². The summed E-state index contributed by atoms with van der Waals surface area (Å²) in [5.41, 5.74) is 0.263. The Bertz CT molecular complexity index is 563. The molecule has 1 aromatic heterocycles. The third-order valence-corrected chi connectivity index (χ3v) is 2.39. The highest BCUT2D eigenvalue weighted by Gasteiger charge is 2.20. The quantitative estimate of drug-likeness (QED) is 0.760. The van der Waals surface area contributed by atoms with Crippen LogP contribution in [0.4, 0.5) is 4.39 Å². The summed E-state index contributed by atoms with van der Waals surface area (Å²) in [4.78, 5) is 12.1. The minimum absolute atomic E-state index is 0.0667. The van der Waals surface area contributed by atoms with Gasteiger partial charge in [-0.3, -0.25) is 9.48 Å². The summed E-state index contributed by atoms with van der Waals surface area (Å²) in [5, 5.41) is 3.88. The normalized spacial score (nSPS) is 10.3. The van der Waals surface area contributed by atoms with E-state index in [1.807, 2.05) is 0 Å². The summed E-state index contributed by atoms with van der Waals surface area (Å²) in [5.74, 6) is -0.815. The highest BCUT2D eigenvalue weighted by atomic mass is 19.1. The van der Waals surface area contributed by atoms with Gasteiger partial charge < -0.3 is 4.74 Å². The number of aryl methyl sites for hydroxylation is 1. The van der Waals surface area contributed by atoms with Gasteiger partial charge in [0, 0.05) is 13.2 Å². The van der Waals surface area contributed by atoms with Crippen molar-refractivity contribution in [2.45, 2.75) is 0 Å². The van der Waals surface area contributed by atoms with E-state index in [0.29, 0.717) is 5.56 Å². The molecule has 0 saturated carbocycles. The van der Waals surface area contributed by atoms with Gasteiger partial charge in [-0.15, -0.1) is 0 Å². The first-order chi connectivity index (χ1) is 8.13. The van der Waals surface area contributed by atoms with E-state index >= 15 is 0 Å². The molecule has 2 rings (SSSR count). The second-order valence-electron chi connectivity index (χ2n) is 3.55. The zero-order valence-electron chi connectivity index (χ0n) is 9.48. The van der Waals surface area contributed by atoms with Gasteiger partial charge in [-0.2, -0.15) is 5.10 Å². The highest BCUT2D eigenvalue weighted by molar-refractivity contribution is 6.10. The maximum atomic E-state index is 13.7. The lowest BCUT2D eigenvalue weighted by atomic mass is 10.0. The Hall–Kier alpha value is -2.17. The van der Waals surface area contributed by atoms with E-state index in [1.165, 1.54) is 36.3 Å². The third kappa shape index (κ3) is 2.04. The number of methoxy groups -OCH3 is 1. The molecule has 0 unspecified atom stereocenters. The summed E-state index contributed by atoms with van der Waals surface area (Å²) in [6.07, 6.45) is 2.93. The number of rotatable bonds is 3. The van der Waals surface area contributed by atoms with E-state index in [-0.39, 0.29) is 11.3 Å². The van der Waals surface area contributed by atoms with Crippen LogP contribution in [-0.2, 0) is 7.05 Å². The molecule has 17 heavy (non-hydrogen) atoms. The Balaban J connectivity index is 2.50. The summed E-state index contributed by atoms with van der Waals surface area (Å²) in [6, 6.07) is 4.27. The first-order valence-electron chi connectivity index (χ1n) is 4.99. The number of carbonyl (C=O) groups is 1. The molecule has 0 N–H and O–H groups in total. The van der Waals surface area contributed by atoms with E-state index in [9.17, 15) is 9.18 Å². The Kier molecular flexibility index (Phi) is 2.91. The second kappa shape index (κ2) is 4.37. The summed E-state index contributed by atoms with van der Waals surface area (Å²) < 4.78 is 20.1. The largest absolute Gasteiger partial charge is 0.496 e. The molecule has 1 heterocycles. The first-order valence-corrected chi connectivity index (χ1v) is 4.99. The second-order valence-corrected chi connectivity index (χ2v) is 3.55. The summed E-state index contributed by atoms with van der Waals surface area (Å²) >= 11 is 0. The Morgan fingerprint density at radius 3 is 2.82 bits per heavy atom.